The average molecular weight is 929 g/mol. The predicted octanol–water partition coefficient (Wildman–Crippen LogP) is 2.43. The van der Waals surface area contributed by atoms with Crippen molar-refractivity contribution >= 4 is 57.7 Å². The number of carbonyl (C=O) groups excluding carboxylic acids is 3. The molecule has 2 aromatic heterocycles. The molecule has 0 radical (unpaired) electrons. The van der Waals surface area contributed by atoms with Crippen molar-refractivity contribution in [3.63, 3.8) is 0 Å². The summed E-state index contributed by atoms with van der Waals surface area (Å²) < 4.78 is 30.1. The molecule has 1 amide bonds. The van der Waals surface area contributed by atoms with E-state index in [1.165, 1.54) is 7.11 Å². The molecule has 9 N–H and O–H groups in total. The van der Waals surface area contributed by atoms with Crippen LogP contribution in [-0.2, 0) is 52.1 Å². The van der Waals surface area contributed by atoms with Crippen LogP contribution in [0.4, 0.5) is 5.69 Å². The molecule has 0 aliphatic carbocycles. The van der Waals surface area contributed by atoms with Gasteiger partial charge in [-0.05, 0) is 93.2 Å². The minimum absolute atomic E-state index is 0.0657. The third-order valence-electron chi connectivity index (χ3n) is 12.0. The molecule has 1 saturated heterocycles. The molecule has 19 nitrogen and oxygen atoms in total. The average Bonchev–Trinajstić information content (AvgIpc) is 3.64. The number of amides is 1. The molecule has 3 aliphatic rings. The molecule has 0 saturated carbocycles. The smallest absolute Gasteiger partial charge is 0.355 e. The first-order chi connectivity index (χ1) is 31.5. The zero-order valence-corrected chi connectivity index (χ0v) is 38.1. The molecule has 20 heteroatoms. The minimum atomic E-state index is -2.00. The molecule has 3 aliphatic heterocycles. The van der Waals surface area contributed by atoms with Crippen LogP contribution in [-0.4, -0.2) is 105 Å². The number of pyridine rings is 2. The van der Waals surface area contributed by atoms with Gasteiger partial charge in [-0.2, -0.15) is 0 Å². The van der Waals surface area contributed by atoms with Gasteiger partial charge >= 0.3 is 11.9 Å². The second-order valence-corrected chi connectivity index (χ2v) is 17.4. The summed E-state index contributed by atoms with van der Waals surface area (Å²) in [5.74, 6) is -2.21. The van der Waals surface area contributed by atoms with Crippen LogP contribution in [0.5, 0.6) is 5.75 Å². The fourth-order valence-corrected chi connectivity index (χ4v) is 8.76. The summed E-state index contributed by atoms with van der Waals surface area (Å²) in [5, 5.41) is 30.9. The fraction of sp³-hybridized carbons (Fsp3) is 0.457. The van der Waals surface area contributed by atoms with Crippen LogP contribution in [0.1, 0.15) is 70.1 Å². The number of aliphatic imine (C=N–C) groups is 1. The van der Waals surface area contributed by atoms with Crippen LogP contribution in [0.2, 0.25) is 0 Å². The number of nitrogens with one attached hydrogen (secondary N) is 3. The van der Waals surface area contributed by atoms with E-state index in [0.717, 1.165) is 16.5 Å². The SMILES string of the molecule is CC[C@@]1(OC(=O)[C@H](CC(C)C)NC(=O)[C@H](CCCN=C(N)N)NC(=S)Nc2ccc(OC3O[C@@H](C)[C@@H](O)[C@@H](OC)[C@@H]3O)cc2)C(=O)OCc2c1cc1n(c2=O)Cc2cc3ccccc3nc2-1. The maximum atomic E-state index is 14.4. The Kier molecular flexibility index (Phi) is 14.6. The van der Waals surface area contributed by atoms with Gasteiger partial charge in [0.15, 0.2) is 11.1 Å². The van der Waals surface area contributed by atoms with Gasteiger partial charge in [0.25, 0.3) is 5.56 Å². The maximum absolute atomic E-state index is 14.4. The highest BCUT2D eigenvalue weighted by Crippen LogP contribution is 2.41. The largest absolute Gasteiger partial charge is 0.462 e. The molecule has 1 fully saturated rings. The Morgan fingerprint density at radius 3 is 2.50 bits per heavy atom. The minimum Gasteiger partial charge on any atom is -0.462 e. The first-order valence-electron chi connectivity index (χ1n) is 21.8. The topological polar surface area (TPSA) is 273 Å². The van der Waals surface area contributed by atoms with E-state index in [1.54, 1.807) is 48.7 Å². The number of para-hydroxylation sites is 1. The van der Waals surface area contributed by atoms with Gasteiger partial charge in [-0.1, -0.05) is 39.0 Å². The van der Waals surface area contributed by atoms with Crippen LogP contribution in [0.25, 0.3) is 22.3 Å². The summed E-state index contributed by atoms with van der Waals surface area (Å²) >= 11 is 5.63. The van der Waals surface area contributed by atoms with Gasteiger partial charge in [-0.15, -0.1) is 0 Å². The van der Waals surface area contributed by atoms with Crippen molar-refractivity contribution in [1.29, 1.82) is 0 Å². The van der Waals surface area contributed by atoms with E-state index in [0.29, 0.717) is 29.2 Å². The van der Waals surface area contributed by atoms with Gasteiger partial charge in [0.1, 0.15) is 42.8 Å². The Labute approximate surface area is 386 Å². The van der Waals surface area contributed by atoms with Crippen molar-refractivity contribution in [3.8, 4) is 17.1 Å². The Hall–Kier alpha value is -6.19. The second kappa shape index (κ2) is 20.1. The lowest BCUT2D eigenvalue weighted by Gasteiger charge is -2.40. The predicted molar refractivity (Wildman–Crippen MR) is 247 cm³/mol. The number of anilines is 1. The van der Waals surface area contributed by atoms with Crippen molar-refractivity contribution in [2.45, 2.75) is 115 Å². The molecule has 0 bridgehead atoms. The molecule has 5 heterocycles. The van der Waals surface area contributed by atoms with E-state index in [-0.39, 0.29) is 72.6 Å². The number of cyclic esters (lactones) is 1. The Balaban J connectivity index is 1.08. The number of ether oxygens (including phenoxy) is 5. The van der Waals surface area contributed by atoms with Gasteiger partial charge in [0, 0.05) is 35.9 Å². The molecular weight excluding hydrogens is 873 g/mol. The van der Waals surface area contributed by atoms with Crippen molar-refractivity contribution in [2.24, 2.45) is 22.4 Å². The number of carbonyl (C=O) groups is 3. The highest BCUT2D eigenvalue weighted by atomic mass is 32.1. The summed E-state index contributed by atoms with van der Waals surface area (Å²) in [6.07, 6.45) is -4.37. The summed E-state index contributed by atoms with van der Waals surface area (Å²) in [6, 6.07) is 15.6. The van der Waals surface area contributed by atoms with Crippen molar-refractivity contribution in [3.05, 3.63) is 87.7 Å². The molecule has 2 aromatic carbocycles. The Bertz CT molecular complexity index is 2570. The van der Waals surface area contributed by atoms with E-state index in [9.17, 15) is 29.4 Å². The lowest BCUT2D eigenvalue weighted by molar-refractivity contribution is -0.272. The van der Waals surface area contributed by atoms with E-state index < -0.39 is 66.2 Å². The van der Waals surface area contributed by atoms with Crippen molar-refractivity contribution in [1.82, 2.24) is 20.2 Å². The molecule has 7 rings (SSSR count). The number of benzene rings is 2. The lowest BCUT2D eigenvalue weighted by atomic mass is 9.85. The number of rotatable bonds is 16. The van der Waals surface area contributed by atoms with Crippen LogP contribution < -0.4 is 37.7 Å². The van der Waals surface area contributed by atoms with Crippen molar-refractivity contribution < 1.29 is 48.3 Å². The molecule has 352 valence electrons. The first-order valence-corrected chi connectivity index (χ1v) is 22.2. The highest BCUT2D eigenvalue weighted by molar-refractivity contribution is 7.80. The first kappa shape index (κ1) is 47.8. The third kappa shape index (κ3) is 9.97. The molecular formula is C46H56N8O11S. The van der Waals surface area contributed by atoms with Gasteiger partial charge < -0.3 is 65.9 Å². The van der Waals surface area contributed by atoms with Crippen LogP contribution in [0.3, 0.4) is 0 Å². The Morgan fingerprint density at radius 2 is 1.80 bits per heavy atom. The molecule has 0 spiro atoms. The number of aliphatic hydroxyl groups excluding tert-OH is 2. The summed E-state index contributed by atoms with van der Waals surface area (Å²) in [6.45, 7) is 7.23. The number of aliphatic hydroxyl groups is 2. The van der Waals surface area contributed by atoms with E-state index in [4.69, 9.17) is 52.4 Å². The zero-order chi connectivity index (χ0) is 47.4. The fourth-order valence-electron chi connectivity index (χ4n) is 8.50. The van der Waals surface area contributed by atoms with Crippen LogP contribution in [0.15, 0.2) is 70.5 Å². The van der Waals surface area contributed by atoms with E-state index in [2.05, 4.69) is 20.9 Å². The molecule has 8 atom stereocenters. The number of esters is 2. The normalized spacial score (nSPS) is 22.8. The van der Waals surface area contributed by atoms with Gasteiger partial charge in [-0.25, -0.2) is 14.6 Å². The molecule has 4 aromatic rings. The highest BCUT2D eigenvalue weighted by Gasteiger charge is 2.51. The number of fused-ring (bicyclic) bond motifs is 5. The number of nitrogens with zero attached hydrogens (tertiary/aromatic N) is 3. The van der Waals surface area contributed by atoms with Gasteiger partial charge in [0.2, 0.25) is 17.8 Å². The number of hydrogen-bond acceptors (Lipinski definition) is 14. The van der Waals surface area contributed by atoms with Crippen molar-refractivity contribution in [2.75, 3.05) is 19.0 Å². The number of aromatic nitrogens is 2. The number of thiocarbonyl (C=S) groups is 1. The molecule has 66 heavy (non-hydrogen) atoms. The van der Waals surface area contributed by atoms with Gasteiger partial charge in [-0.3, -0.25) is 14.6 Å². The monoisotopic (exact) mass is 928 g/mol. The van der Waals surface area contributed by atoms with Gasteiger partial charge in [0.05, 0.1) is 35.1 Å². The van der Waals surface area contributed by atoms with Crippen LogP contribution >= 0.6 is 12.2 Å². The molecule has 1 unspecified atom stereocenters. The van der Waals surface area contributed by atoms with E-state index >= 15 is 0 Å². The zero-order valence-electron chi connectivity index (χ0n) is 37.3. The standard InChI is InChI=1S/C46H56N8O11S/c1-6-46(30-20-34-35-26(19-25-10-7-8-11-31(25)51-35)21-54(34)40(58)29(30)22-62-43(46)60)65-41(59)33(18-23(2)3)52-39(57)32(12-9-17-49-44(47)48)53-45(66)50-27-13-15-28(16-14-27)64-42-37(56)38(61-5)36(55)24(4)63-42/h7-8,10-11,13-16,19-20,23-24,32-33,36-38,42,55-56H,6,9,12,17-18,21-22H2,1-5H3,(H,52,57)(H4,47,48,49)(H2,50,53,66)/t24-,32-,33-,36+,37-,38+,42?,46-/m0/s1. The number of hydrogen-bond donors (Lipinski definition) is 7. The second-order valence-electron chi connectivity index (χ2n) is 17.0. The number of nitrogens with two attached hydrogens (primary N) is 2. The lowest BCUT2D eigenvalue weighted by Crippen LogP contribution is -2.59. The summed E-state index contributed by atoms with van der Waals surface area (Å²) in [5.41, 5.74) is 12.3. The Morgan fingerprint density at radius 1 is 1.06 bits per heavy atom. The summed E-state index contributed by atoms with van der Waals surface area (Å²) in [7, 11) is 1.38. The number of guanidine groups is 1. The maximum Gasteiger partial charge on any atom is 0.355 e. The number of methoxy groups -OCH3 is 1. The van der Waals surface area contributed by atoms with Crippen LogP contribution in [0, 0.1) is 5.92 Å². The van der Waals surface area contributed by atoms with E-state index in [1.807, 2.05) is 44.2 Å². The third-order valence-corrected chi connectivity index (χ3v) is 12.2. The summed E-state index contributed by atoms with van der Waals surface area (Å²) in [4.78, 5) is 65.5. The quantitative estimate of drug-likeness (QED) is 0.0246.